The zero-order chi connectivity index (χ0) is 26.0. The van der Waals surface area contributed by atoms with E-state index in [1.54, 1.807) is 0 Å². The van der Waals surface area contributed by atoms with Crippen molar-refractivity contribution in [1.29, 1.82) is 0 Å². The number of aromatic nitrogens is 5. The van der Waals surface area contributed by atoms with Crippen molar-refractivity contribution in [2.24, 2.45) is 17.8 Å². The van der Waals surface area contributed by atoms with Gasteiger partial charge in [-0.05, 0) is 74.8 Å². The summed E-state index contributed by atoms with van der Waals surface area (Å²) in [6, 6.07) is 9.24. The summed E-state index contributed by atoms with van der Waals surface area (Å²) in [4.78, 5) is 47.9. The van der Waals surface area contributed by atoms with Gasteiger partial charge in [-0.2, -0.15) is 9.78 Å². The minimum absolute atomic E-state index is 0.0182. The molecule has 3 aromatic rings. The van der Waals surface area contributed by atoms with Gasteiger partial charge in [0.25, 0.3) is 11.1 Å². The summed E-state index contributed by atoms with van der Waals surface area (Å²) >= 11 is 0. The molecule has 0 amide bonds. The number of fused-ring (bicyclic) bond motifs is 5. The molecule has 4 heterocycles. The van der Waals surface area contributed by atoms with Crippen LogP contribution in [0.15, 0.2) is 44.8 Å². The van der Waals surface area contributed by atoms with E-state index >= 15 is 0 Å². The topological polar surface area (TPSA) is 106 Å². The maximum atomic E-state index is 14.0. The Morgan fingerprint density at radius 1 is 0.868 bits per heavy atom. The van der Waals surface area contributed by atoms with E-state index in [-0.39, 0.29) is 17.4 Å². The Kier molecular flexibility index (Phi) is 5.87. The second-order valence-corrected chi connectivity index (χ2v) is 12.3. The molecule has 1 N–H and O–H groups in total. The molecule has 9 heteroatoms. The van der Waals surface area contributed by atoms with Crippen molar-refractivity contribution in [3.8, 4) is 5.82 Å². The van der Waals surface area contributed by atoms with Gasteiger partial charge in [-0.15, -0.1) is 0 Å². The summed E-state index contributed by atoms with van der Waals surface area (Å²) < 4.78 is 2.80. The first-order chi connectivity index (χ1) is 18.5. The molecule has 200 valence electrons. The van der Waals surface area contributed by atoms with Gasteiger partial charge in [0.2, 0.25) is 5.82 Å². The Bertz CT molecular complexity index is 1530. The number of rotatable bonds is 3. The normalized spacial score (nSPS) is 33.3. The van der Waals surface area contributed by atoms with Crippen LogP contribution in [-0.2, 0) is 0 Å². The van der Waals surface area contributed by atoms with Crippen molar-refractivity contribution in [2.75, 3.05) is 0 Å². The van der Waals surface area contributed by atoms with E-state index < -0.39 is 11.2 Å². The quantitative estimate of drug-likeness (QED) is 0.572. The summed E-state index contributed by atoms with van der Waals surface area (Å²) in [5.41, 5.74) is -0.264. The van der Waals surface area contributed by atoms with Gasteiger partial charge in [-0.3, -0.25) is 19.5 Å². The molecule has 7 atom stereocenters. The molecule has 4 aliphatic rings. The van der Waals surface area contributed by atoms with Gasteiger partial charge in [0, 0.05) is 24.2 Å². The SMILES string of the molecule is C[C@@H]1CC[C@H]2C[C@@H](n3c(=O)c(-n4ncc(=O)[nH]c4=O)nc4ccccc43)C[C@@H]1N2[C@H]1C[C@@H]2CCC[C@@H](C2)C1. The lowest BCUT2D eigenvalue weighted by Gasteiger charge is -2.57. The molecule has 2 aromatic heterocycles. The minimum atomic E-state index is -0.757. The van der Waals surface area contributed by atoms with E-state index in [0.717, 1.165) is 41.1 Å². The van der Waals surface area contributed by atoms with E-state index in [9.17, 15) is 14.4 Å². The van der Waals surface area contributed by atoms with Crippen molar-refractivity contribution in [1.82, 2.24) is 29.2 Å². The Morgan fingerprint density at radius 2 is 1.66 bits per heavy atom. The minimum Gasteiger partial charge on any atom is -0.300 e. The van der Waals surface area contributed by atoms with Gasteiger partial charge >= 0.3 is 5.69 Å². The van der Waals surface area contributed by atoms with Gasteiger partial charge in [0.1, 0.15) is 6.20 Å². The van der Waals surface area contributed by atoms with E-state index in [1.165, 1.54) is 51.4 Å². The average molecular weight is 517 g/mol. The lowest BCUT2D eigenvalue weighted by atomic mass is 9.67. The largest absolute Gasteiger partial charge is 0.351 e. The summed E-state index contributed by atoms with van der Waals surface area (Å²) in [5, 5.41) is 3.95. The third-order valence-electron chi connectivity index (χ3n) is 10.1. The maximum Gasteiger partial charge on any atom is 0.351 e. The van der Waals surface area contributed by atoms with Crippen LogP contribution in [0, 0.1) is 17.8 Å². The Balaban J connectivity index is 1.30. The van der Waals surface area contributed by atoms with Crippen LogP contribution in [0.25, 0.3) is 16.9 Å². The molecule has 4 bridgehead atoms. The van der Waals surface area contributed by atoms with Crippen molar-refractivity contribution < 1.29 is 0 Å². The van der Waals surface area contributed by atoms with Crippen LogP contribution < -0.4 is 16.8 Å². The first-order valence-electron chi connectivity index (χ1n) is 14.4. The molecule has 0 spiro atoms. The summed E-state index contributed by atoms with van der Waals surface area (Å²) in [5.74, 6) is 2.30. The molecule has 2 aliphatic carbocycles. The molecule has 1 aromatic carbocycles. The van der Waals surface area contributed by atoms with Crippen LogP contribution in [0.1, 0.15) is 77.2 Å². The van der Waals surface area contributed by atoms with Gasteiger partial charge < -0.3 is 4.57 Å². The van der Waals surface area contributed by atoms with E-state index in [2.05, 4.69) is 26.9 Å². The molecular formula is C29H36N6O3. The van der Waals surface area contributed by atoms with Crippen LogP contribution in [0.3, 0.4) is 0 Å². The molecule has 2 saturated carbocycles. The van der Waals surface area contributed by atoms with Crippen molar-refractivity contribution in [2.45, 2.75) is 95.3 Å². The molecule has 4 fully saturated rings. The number of nitrogens with zero attached hydrogens (tertiary/aromatic N) is 5. The average Bonchev–Trinajstić information content (AvgIpc) is 2.90. The van der Waals surface area contributed by atoms with Crippen LogP contribution in [0.2, 0.25) is 0 Å². The summed E-state index contributed by atoms with van der Waals surface area (Å²) in [6.07, 6.45) is 13.6. The van der Waals surface area contributed by atoms with E-state index in [4.69, 9.17) is 0 Å². The first-order valence-corrected chi connectivity index (χ1v) is 14.4. The number of hydrogen-bond acceptors (Lipinski definition) is 6. The van der Waals surface area contributed by atoms with Gasteiger partial charge in [0.15, 0.2) is 0 Å². The monoisotopic (exact) mass is 516 g/mol. The standard InChI is InChI=1S/C29H36N6O3/c1-17-9-10-20-14-22(15-25(17)33(20)21-12-18-5-4-6-19(11-18)13-21)34-24-8-3-2-7-23(24)31-27(28(34)37)35-29(38)32-26(36)16-30-35/h2-3,7-8,16-22,25H,4-6,9-15H2,1H3,(H,32,36,38)/t17-,18-,19+,20+,21+,22-,25+/m1/s1. The van der Waals surface area contributed by atoms with Crippen LogP contribution in [0.5, 0.6) is 0 Å². The van der Waals surface area contributed by atoms with E-state index in [0.29, 0.717) is 29.6 Å². The predicted octanol–water partition coefficient (Wildman–Crippen LogP) is 3.40. The molecular weight excluding hydrogens is 480 g/mol. The number of benzene rings is 1. The fourth-order valence-electron chi connectivity index (χ4n) is 8.51. The van der Waals surface area contributed by atoms with Crippen molar-refractivity contribution in [3.05, 3.63) is 61.7 Å². The second-order valence-electron chi connectivity index (χ2n) is 12.3. The summed E-state index contributed by atoms with van der Waals surface area (Å²) in [7, 11) is 0. The third kappa shape index (κ3) is 3.97. The molecule has 2 aliphatic heterocycles. The zero-order valence-corrected chi connectivity index (χ0v) is 22.0. The number of piperidine rings is 2. The van der Waals surface area contributed by atoms with Crippen molar-refractivity contribution >= 4 is 11.0 Å². The highest BCUT2D eigenvalue weighted by atomic mass is 16.2. The molecule has 7 rings (SSSR count). The van der Waals surface area contributed by atoms with Gasteiger partial charge in [-0.25, -0.2) is 9.78 Å². The predicted molar refractivity (Wildman–Crippen MR) is 145 cm³/mol. The Morgan fingerprint density at radius 3 is 2.45 bits per heavy atom. The van der Waals surface area contributed by atoms with Gasteiger partial charge in [0.05, 0.1) is 11.0 Å². The van der Waals surface area contributed by atoms with E-state index in [1.807, 2.05) is 28.8 Å². The smallest absolute Gasteiger partial charge is 0.300 e. The number of aromatic amines is 1. The third-order valence-corrected chi connectivity index (χ3v) is 10.1. The highest BCUT2D eigenvalue weighted by Crippen LogP contribution is 2.48. The molecule has 0 unspecified atom stereocenters. The number of para-hydroxylation sites is 2. The van der Waals surface area contributed by atoms with Crippen molar-refractivity contribution in [3.63, 3.8) is 0 Å². The fourth-order valence-corrected chi connectivity index (χ4v) is 8.51. The molecule has 38 heavy (non-hydrogen) atoms. The van der Waals surface area contributed by atoms with Crippen LogP contribution in [-0.4, -0.2) is 47.3 Å². The highest BCUT2D eigenvalue weighted by Gasteiger charge is 2.47. The number of nitrogens with one attached hydrogen (secondary N) is 1. The zero-order valence-electron chi connectivity index (χ0n) is 22.0. The molecule has 9 nitrogen and oxygen atoms in total. The lowest BCUT2D eigenvalue weighted by molar-refractivity contribution is -0.0693. The summed E-state index contributed by atoms with van der Waals surface area (Å²) in [6.45, 7) is 2.39. The van der Waals surface area contributed by atoms with Gasteiger partial charge in [-0.1, -0.05) is 38.3 Å². The van der Waals surface area contributed by atoms with Crippen LogP contribution >= 0.6 is 0 Å². The first kappa shape index (κ1) is 24.0. The molecule has 0 radical (unpaired) electrons. The maximum absolute atomic E-state index is 14.0. The lowest BCUT2D eigenvalue weighted by Crippen LogP contribution is -2.61. The second kappa shape index (κ2) is 9.29. The molecule has 2 saturated heterocycles. The Hall–Kier alpha value is -3.07. The highest BCUT2D eigenvalue weighted by molar-refractivity contribution is 5.75. The fraction of sp³-hybridized carbons (Fsp3) is 0.621. The van der Waals surface area contributed by atoms with Crippen LogP contribution in [0.4, 0.5) is 0 Å². The number of hydrogen-bond donors (Lipinski definition) is 1. The Labute approximate surface area is 220 Å². The number of H-pyrrole nitrogens is 1.